The highest BCUT2D eigenvalue weighted by molar-refractivity contribution is 6.06. The summed E-state index contributed by atoms with van der Waals surface area (Å²) in [6.07, 6.45) is 13.2. The van der Waals surface area contributed by atoms with Crippen LogP contribution in [0, 0.1) is 0 Å². The predicted octanol–water partition coefficient (Wildman–Crippen LogP) is 9.30. The number of aliphatic carboxylic acids is 2. The molecule has 4 aromatic carbocycles. The molecule has 5 N–H and O–H groups in total. The van der Waals surface area contributed by atoms with E-state index in [0.717, 1.165) is 62.1 Å². The van der Waals surface area contributed by atoms with Gasteiger partial charge in [0.15, 0.2) is 19.2 Å². The minimum absolute atomic E-state index is 0.143. The number of aliphatic hydroxyl groups is 2. The summed E-state index contributed by atoms with van der Waals surface area (Å²) < 4.78 is 4.90. The summed E-state index contributed by atoms with van der Waals surface area (Å²) in [7, 11) is 0. The third-order valence-corrected chi connectivity index (χ3v) is 7.93. The van der Waals surface area contributed by atoms with Gasteiger partial charge in [0.1, 0.15) is 5.75 Å². The Labute approximate surface area is 333 Å². The van der Waals surface area contributed by atoms with Crippen LogP contribution in [0.3, 0.4) is 0 Å². The number of carbonyl (C=O) groups is 4. The molecule has 0 radical (unpaired) electrons. The normalized spacial score (nSPS) is 11.1. The number of benzene rings is 4. The number of nitrogens with one attached hydrogen (secondary N) is 1. The zero-order valence-electron chi connectivity index (χ0n) is 32.0. The van der Waals surface area contributed by atoms with E-state index in [-0.39, 0.29) is 17.6 Å². The second-order valence-corrected chi connectivity index (χ2v) is 12.2. The zero-order valence-corrected chi connectivity index (χ0v) is 32.0. The van der Waals surface area contributed by atoms with Crippen molar-refractivity contribution in [1.82, 2.24) is 0 Å². The maximum absolute atomic E-state index is 10.9. The third-order valence-electron chi connectivity index (χ3n) is 7.93. The van der Waals surface area contributed by atoms with Gasteiger partial charge in [-0.05, 0) is 85.0 Å². The molecule has 0 atom stereocenters. The van der Waals surface area contributed by atoms with Crippen molar-refractivity contribution in [3.8, 4) is 5.75 Å². The highest BCUT2D eigenvalue weighted by atomic mass is 16.5. The molecule has 0 bridgehead atoms. The first-order valence-corrected chi connectivity index (χ1v) is 18.4. The molecule has 0 amide bonds. The fourth-order valence-electron chi connectivity index (χ4n) is 4.94. The van der Waals surface area contributed by atoms with Crippen LogP contribution in [-0.2, 0) is 19.2 Å². The highest BCUT2D eigenvalue weighted by Gasteiger charge is 2.08. The number of para-hydroxylation sites is 2. The Balaban J connectivity index is 0.000000303. The van der Waals surface area contributed by atoms with Crippen molar-refractivity contribution in [2.45, 2.75) is 45.4 Å². The molecule has 0 fully saturated rings. The molecule has 12 heteroatoms. The largest absolute Gasteiger partial charge is 0.515 e. The zero-order chi connectivity index (χ0) is 41.5. The van der Waals surface area contributed by atoms with E-state index in [4.69, 9.17) is 25.2 Å². The van der Waals surface area contributed by atoms with E-state index < -0.39 is 18.5 Å². The average molecular weight is 778 g/mol. The smallest absolute Gasteiger partial charge is 0.341 e. The van der Waals surface area contributed by atoms with Gasteiger partial charge < -0.3 is 35.4 Å². The molecule has 4 rings (SSSR count). The lowest BCUT2D eigenvalue weighted by Gasteiger charge is -2.25. The number of nitrogens with zero attached hydrogens (tertiary/aromatic N) is 2. The molecule has 0 unspecified atom stereocenters. The van der Waals surface area contributed by atoms with Gasteiger partial charge in [0.2, 0.25) is 0 Å². The number of rotatable bonds is 21. The SMILES string of the molecule is C(/C=C/Nc1ccccc1)=Nc1ccccc1.CCCCN(CCCCCC(=O)O)c1ccc(/C(C=O)=C\O)cc1.O=C/C(=C/O)c1ccc(OCC(=O)O)cc1. The second-order valence-electron chi connectivity index (χ2n) is 12.2. The van der Waals surface area contributed by atoms with E-state index in [1.807, 2.05) is 97.2 Å². The second kappa shape index (κ2) is 28.5. The van der Waals surface area contributed by atoms with Gasteiger partial charge in [0, 0.05) is 43.3 Å². The molecular weight excluding hydrogens is 727 g/mol. The van der Waals surface area contributed by atoms with Crippen LogP contribution in [0.4, 0.5) is 17.1 Å². The summed E-state index contributed by atoms with van der Waals surface area (Å²) in [4.78, 5) is 48.7. The molecular formula is C45H51N3O9. The molecule has 0 heterocycles. The van der Waals surface area contributed by atoms with Crippen LogP contribution in [0.2, 0.25) is 0 Å². The van der Waals surface area contributed by atoms with Crippen molar-refractivity contribution < 1.29 is 44.3 Å². The van der Waals surface area contributed by atoms with Gasteiger partial charge in [-0.15, -0.1) is 0 Å². The quantitative estimate of drug-likeness (QED) is 0.0178. The van der Waals surface area contributed by atoms with Gasteiger partial charge in [-0.25, -0.2) is 4.79 Å². The number of allylic oxidation sites excluding steroid dienone is 3. The maximum atomic E-state index is 10.9. The van der Waals surface area contributed by atoms with Gasteiger partial charge >= 0.3 is 11.9 Å². The standard InChI is InChI=1S/C19H27NO4.C15H14N2.C11H10O5/c1-2-3-12-20(13-6-4-5-7-19(23)24)18-10-8-16(9-11-18)17(14-21)15-22;1-3-8-14(9-4-1)16-12-7-13-17-15-10-5-2-6-11-15;12-5-9(6-13)8-1-3-10(4-2-8)16-7-11(14)15/h8-11,14-15,21H,2-7,12-13H2,1H3,(H,23,24);1-13,16H;1-6,12H,7H2,(H,14,15)/b17-14-;12-7+,17-13?;9-5-. The topological polar surface area (TPSA) is 186 Å². The van der Waals surface area contributed by atoms with Crippen molar-refractivity contribution in [2.75, 3.05) is 29.9 Å². The molecule has 300 valence electrons. The lowest BCUT2D eigenvalue weighted by Crippen LogP contribution is -2.25. The minimum Gasteiger partial charge on any atom is -0.515 e. The number of carboxylic acid groups (broad SMARTS) is 2. The van der Waals surface area contributed by atoms with E-state index in [1.54, 1.807) is 18.3 Å². The van der Waals surface area contributed by atoms with E-state index in [2.05, 4.69) is 22.1 Å². The first kappa shape index (κ1) is 46.2. The van der Waals surface area contributed by atoms with Crippen molar-refractivity contribution >= 4 is 58.9 Å². The summed E-state index contributed by atoms with van der Waals surface area (Å²) >= 11 is 0. The van der Waals surface area contributed by atoms with Gasteiger partial charge in [-0.2, -0.15) is 0 Å². The number of ether oxygens (including phenoxy) is 1. The number of carbonyl (C=O) groups excluding carboxylic acids is 2. The molecule has 0 aliphatic carbocycles. The predicted molar refractivity (Wildman–Crippen MR) is 226 cm³/mol. The number of anilines is 2. The summed E-state index contributed by atoms with van der Waals surface area (Å²) in [6, 6.07) is 33.6. The van der Waals surface area contributed by atoms with Crippen LogP contribution < -0.4 is 15.0 Å². The number of aliphatic imine (C=N–C) groups is 1. The minimum atomic E-state index is -1.06. The highest BCUT2D eigenvalue weighted by Crippen LogP contribution is 2.21. The van der Waals surface area contributed by atoms with E-state index in [9.17, 15) is 19.2 Å². The van der Waals surface area contributed by atoms with Crippen molar-refractivity contribution in [3.05, 3.63) is 145 Å². The third kappa shape index (κ3) is 19.8. The Kier molecular flexibility index (Phi) is 23.1. The lowest BCUT2D eigenvalue weighted by molar-refractivity contribution is -0.139. The van der Waals surface area contributed by atoms with Crippen molar-refractivity contribution in [2.24, 2.45) is 4.99 Å². The molecule has 0 aliphatic rings. The lowest BCUT2D eigenvalue weighted by atomic mass is 10.1. The summed E-state index contributed by atoms with van der Waals surface area (Å²) in [5.74, 6) is -1.42. The number of hydrogen-bond acceptors (Lipinski definition) is 10. The summed E-state index contributed by atoms with van der Waals surface area (Å²) in [5, 5.41) is 38.0. The fraction of sp³-hybridized carbons (Fsp3) is 0.222. The van der Waals surface area contributed by atoms with Gasteiger partial charge in [0.05, 0.1) is 29.4 Å². The van der Waals surface area contributed by atoms with Gasteiger partial charge in [0.25, 0.3) is 0 Å². The molecule has 0 aromatic heterocycles. The molecule has 4 aromatic rings. The first-order valence-electron chi connectivity index (χ1n) is 18.4. The average Bonchev–Trinajstić information content (AvgIpc) is 3.24. The molecule has 57 heavy (non-hydrogen) atoms. The van der Waals surface area contributed by atoms with Crippen molar-refractivity contribution in [3.63, 3.8) is 0 Å². The number of aliphatic hydroxyl groups excluding tert-OH is 2. The first-order chi connectivity index (χ1) is 27.7. The summed E-state index contributed by atoms with van der Waals surface area (Å²) in [6.45, 7) is 3.56. The molecule has 0 spiro atoms. The van der Waals surface area contributed by atoms with Gasteiger partial charge in [-0.3, -0.25) is 19.4 Å². The maximum Gasteiger partial charge on any atom is 0.341 e. The Hall–Kier alpha value is -6.95. The van der Waals surface area contributed by atoms with Crippen LogP contribution in [0.25, 0.3) is 11.1 Å². The van der Waals surface area contributed by atoms with Crippen LogP contribution >= 0.6 is 0 Å². The Morgan fingerprint density at radius 3 is 1.79 bits per heavy atom. The number of carboxylic acids is 2. The van der Waals surface area contributed by atoms with Crippen molar-refractivity contribution in [1.29, 1.82) is 0 Å². The molecule has 0 saturated heterocycles. The summed E-state index contributed by atoms with van der Waals surface area (Å²) in [5.41, 5.74) is 4.72. The monoisotopic (exact) mass is 777 g/mol. The van der Waals surface area contributed by atoms with E-state index >= 15 is 0 Å². The van der Waals surface area contributed by atoms with Crippen LogP contribution in [0.5, 0.6) is 5.75 Å². The Morgan fingerprint density at radius 1 is 0.702 bits per heavy atom. The van der Waals surface area contributed by atoms with Crippen LogP contribution in [-0.4, -0.2) is 70.8 Å². The number of hydrogen-bond donors (Lipinski definition) is 5. The van der Waals surface area contributed by atoms with Gasteiger partial charge in [-0.1, -0.05) is 80.4 Å². The number of unbranched alkanes of at least 4 members (excludes halogenated alkanes) is 3. The molecule has 12 nitrogen and oxygen atoms in total. The van der Waals surface area contributed by atoms with E-state index in [1.165, 1.54) is 12.1 Å². The van der Waals surface area contributed by atoms with E-state index in [0.29, 0.717) is 42.1 Å². The Bertz CT molecular complexity index is 1880. The Morgan fingerprint density at radius 2 is 1.26 bits per heavy atom. The number of aldehydes is 2. The fourth-order valence-corrected chi connectivity index (χ4v) is 4.94. The molecule has 0 saturated carbocycles. The van der Waals surface area contributed by atoms with Crippen LogP contribution in [0.1, 0.15) is 56.6 Å². The van der Waals surface area contributed by atoms with Crippen LogP contribution in [0.15, 0.2) is 139 Å². The molecule has 0 aliphatic heterocycles.